The summed E-state index contributed by atoms with van der Waals surface area (Å²) >= 11 is 6.10. The number of nitrogens with zero attached hydrogens (tertiary/aromatic N) is 1. The SMILES string of the molecule is CC(C)[C@@H](NC(=O)c1cccc(C(=O)NS(=O)(=O)C[C@]23CC[C@H](CC2=O)C3(C)C)c1)C(=O)N1CC[C@H](c2ccc(Cl)cc2)C(C)(C)C1. The van der Waals surface area contributed by atoms with Crippen LogP contribution in [0.15, 0.2) is 48.5 Å². The number of ketones is 1. The first kappa shape index (κ1) is 35.1. The number of rotatable bonds is 9. The molecule has 1 aliphatic heterocycles. The molecule has 2 N–H and O–H groups in total. The highest BCUT2D eigenvalue weighted by Crippen LogP contribution is 2.64. The standard InChI is InChI=1S/C36H46ClN3O6S/c1-22(2)30(33(44)40-17-15-28(34(3,4)20-40)23-10-12-27(37)13-11-23)38-31(42)24-8-7-9-25(18-24)32(43)39-47(45,46)21-36-16-14-26(19-29(36)41)35(36,5)6/h7-13,18,22,26,28,30H,14-17,19-21H2,1-6H3,(H,38,42)(H,39,43)/t26-,28-,30-,36-/m1/s1. The maximum Gasteiger partial charge on any atom is 0.264 e. The Hall–Kier alpha value is -3.24. The molecule has 1 heterocycles. The number of Topliss-reactive ketones (excluding diaryl/α,β-unsaturated/α-hetero) is 1. The van der Waals surface area contributed by atoms with Gasteiger partial charge in [0, 0.05) is 35.7 Å². The van der Waals surface area contributed by atoms with Crippen LogP contribution in [-0.4, -0.2) is 61.7 Å². The molecule has 47 heavy (non-hydrogen) atoms. The van der Waals surface area contributed by atoms with E-state index in [1.54, 1.807) is 0 Å². The second-order valence-electron chi connectivity index (χ2n) is 15.3. The molecule has 3 aliphatic rings. The fourth-order valence-corrected chi connectivity index (χ4v) is 10.2. The molecule has 1 saturated heterocycles. The molecular weight excluding hydrogens is 638 g/mol. The van der Waals surface area contributed by atoms with Crippen LogP contribution in [0.2, 0.25) is 5.02 Å². The molecule has 11 heteroatoms. The summed E-state index contributed by atoms with van der Waals surface area (Å²) in [7, 11) is -4.16. The van der Waals surface area contributed by atoms with Gasteiger partial charge in [-0.25, -0.2) is 13.1 Å². The van der Waals surface area contributed by atoms with Gasteiger partial charge >= 0.3 is 0 Å². The van der Waals surface area contributed by atoms with Gasteiger partial charge in [-0.15, -0.1) is 0 Å². The molecule has 5 rings (SSSR count). The summed E-state index contributed by atoms with van der Waals surface area (Å²) < 4.78 is 28.5. The third-order valence-electron chi connectivity index (χ3n) is 11.2. The first-order valence-corrected chi connectivity index (χ1v) is 18.4. The Morgan fingerprint density at radius 3 is 2.17 bits per heavy atom. The van der Waals surface area contributed by atoms with Gasteiger partial charge in [-0.1, -0.05) is 71.3 Å². The lowest BCUT2D eigenvalue weighted by Gasteiger charge is -2.45. The lowest BCUT2D eigenvalue weighted by Crippen LogP contribution is -2.55. The minimum Gasteiger partial charge on any atom is -0.340 e. The van der Waals surface area contributed by atoms with Crippen LogP contribution in [0.1, 0.15) is 99.4 Å². The van der Waals surface area contributed by atoms with Crippen molar-refractivity contribution in [2.24, 2.45) is 28.1 Å². The number of piperidine rings is 1. The van der Waals surface area contributed by atoms with Gasteiger partial charge in [-0.3, -0.25) is 19.2 Å². The molecule has 0 unspecified atom stereocenters. The van der Waals surface area contributed by atoms with Crippen LogP contribution < -0.4 is 10.0 Å². The quantitative estimate of drug-likeness (QED) is 0.355. The molecule has 2 aromatic carbocycles. The fraction of sp³-hybridized carbons (Fsp3) is 0.556. The molecule has 254 valence electrons. The molecule has 9 nitrogen and oxygen atoms in total. The smallest absolute Gasteiger partial charge is 0.264 e. The van der Waals surface area contributed by atoms with Crippen molar-refractivity contribution in [3.05, 3.63) is 70.2 Å². The van der Waals surface area contributed by atoms with Gasteiger partial charge in [0.05, 0.1) is 11.2 Å². The van der Waals surface area contributed by atoms with Gasteiger partial charge in [-0.2, -0.15) is 0 Å². The topological polar surface area (TPSA) is 130 Å². The minimum atomic E-state index is -4.16. The van der Waals surface area contributed by atoms with Crippen molar-refractivity contribution < 1.29 is 27.6 Å². The summed E-state index contributed by atoms with van der Waals surface area (Å²) in [6.07, 6.45) is 2.42. The highest BCUT2D eigenvalue weighted by Gasteiger charge is 2.65. The highest BCUT2D eigenvalue weighted by atomic mass is 35.5. The van der Waals surface area contributed by atoms with Crippen LogP contribution >= 0.6 is 11.6 Å². The van der Waals surface area contributed by atoms with Gasteiger partial charge in [-0.05, 0) is 83.7 Å². The average Bonchev–Trinajstić information content (AvgIpc) is 3.33. The van der Waals surface area contributed by atoms with Gasteiger partial charge in [0.1, 0.15) is 11.8 Å². The van der Waals surface area contributed by atoms with E-state index in [1.807, 2.05) is 56.9 Å². The van der Waals surface area contributed by atoms with Crippen molar-refractivity contribution in [3.63, 3.8) is 0 Å². The molecule has 0 aromatic heterocycles. The Kier molecular flexibility index (Phi) is 9.45. The van der Waals surface area contributed by atoms with Crippen molar-refractivity contribution in [2.45, 2.75) is 79.2 Å². The van der Waals surface area contributed by atoms with Crippen LogP contribution in [0.5, 0.6) is 0 Å². The van der Waals surface area contributed by atoms with Crippen molar-refractivity contribution in [1.82, 2.24) is 14.9 Å². The predicted octanol–water partition coefficient (Wildman–Crippen LogP) is 5.59. The van der Waals surface area contributed by atoms with E-state index in [0.29, 0.717) is 31.0 Å². The second-order valence-corrected chi connectivity index (χ2v) is 17.4. The third kappa shape index (κ3) is 6.73. The van der Waals surface area contributed by atoms with E-state index in [9.17, 15) is 27.6 Å². The first-order chi connectivity index (χ1) is 21.9. The highest BCUT2D eigenvalue weighted by molar-refractivity contribution is 7.90. The van der Waals surface area contributed by atoms with Gasteiger partial charge in [0.25, 0.3) is 11.8 Å². The predicted molar refractivity (Wildman–Crippen MR) is 182 cm³/mol. The van der Waals surface area contributed by atoms with E-state index in [4.69, 9.17) is 11.6 Å². The molecule has 4 atom stereocenters. The van der Waals surface area contributed by atoms with Crippen molar-refractivity contribution >= 4 is 45.1 Å². The van der Waals surface area contributed by atoms with Crippen molar-refractivity contribution in [1.29, 1.82) is 0 Å². The lowest BCUT2D eigenvalue weighted by atomic mass is 9.70. The summed E-state index contributed by atoms with van der Waals surface area (Å²) in [5.41, 5.74) is -0.399. The zero-order chi connectivity index (χ0) is 34.5. The Morgan fingerprint density at radius 1 is 0.979 bits per heavy atom. The normalized spacial score (nSPS) is 25.4. The van der Waals surface area contributed by atoms with E-state index < -0.39 is 44.5 Å². The number of hydrogen-bond donors (Lipinski definition) is 2. The van der Waals surface area contributed by atoms with Gasteiger partial charge < -0.3 is 10.2 Å². The van der Waals surface area contributed by atoms with E-state index in [0.717, 1.165) is 12.8 Å². The zero-order valence-electron chi connectivity index (χ0n) is 28.1. The molecule has 2 saturated carbocycles. The summed E-state index contributed by atoms with van der Waals surface area (Å²) in [6, 6.07) is 12.8. The molecule has 2 aliphatic carbocycles. The molecular formula is C36H46ClN3O6S. The number of hydrogen-bond acceptors (Lipinski definition) is 6. The largest absolute Gasteiger partial charge is 0.340 e. The molecule has 0 spiro atoms. The summed E-state index contributed by atoms with van der Waals surface area (Å²) in [5, 5.41) is 3.55. The average molecular weight is 684 g/mol. The van der Waals surface area contributed by atoms with Gasteiger partial charge in [0.15, 0.2) is 0 Å². The van der Waals surface area contributed by atoms with Crippen LogP contribution in [0.3, 0.4) is 0 Å². The van der Waals surface area contributed by atoms with E-state index in [-0.39, 0.29) is 46.0 Å². The molecule has 2 bridgehead atoms. The van der Waals surface area contributed by atoms with Gasteiger partial charge in [0.2, 0.25) is 15.9 Å². The first-order valence-electron chi connectivity index (χ1n) is 16.4. The second kappa shape index (κ2) is 12.7. The van der Waals surface area contributed by atoms with E-state index in [2.05, 4.69) is 23.9 Å². The fourth-order valence-electron chi connectivity index (χ4n) is 8.26. The summed E-state index contributed by atoms with van der Waals surface area (Å²) in [5.74, 6) is -1.92. The number of carbonyl (C=O) groups is 4. The number of likely N-dealkylation sites (tertiary alicyclic amines) is 1. The Bertz CT molecular complexity index is 1690. The van der Waals surface area contributed by atoms with Crippen LogP contribution in [-0.2, 0) is 19.6 Å². The number of nitrogens with one attached hydrogen (secondary N) is 2. The third-order valence-corrected chi connectivity index (χ3v) is 12.9. The molecule has 3 fully saturated rings. The lowest BCUT2D eigenvalue weighted by molar-refractivity contribution is -0.138. The summed E-state index contributed by atoms with van der Waals surface area (Å²) in [6.45, 7) is 13.0. The Morgan fingerprint density at radius 2 is 1.62 bits per heavy atom. The number of benzene rings is 2. The molecule has 3 amide bonds. The molecule has 2 aromatic rings. The Labute approximate surface area is 283 Å². The zero-order valence-corrected chi connectivity index (χ0v) is 29.6. The number of halogens is 1. The van der Waals surface area contributed by atoms with Crippen LogP contribution in [0.25, 0.3) is 0 Å². The van der Waals surface area contributed by atoms with Crippen molar-refractivity contribution in [2.75, 3.05) is 18.8 Å². The van der Waals surface area contributed by atoms with Crippen LogP contribution in [0, 0.1) is 28.1 Å². The number of fused-ring (bicyclic) bond motifs is 2. The minimum absolute atomic E-state index is 0.0153. The number of amides is 3. The van der Waals surface area contributed by atoms with E-state index >= 15 is 0 Å². The monoisotopic (exact) mass is 683 g/mol. The van der Waals surface area contributed by atoms with E-state index in [1.165, 1.54) is 29.8 Å². The maximum absolute atomic E-state index is 13.8. The Balaban J connectivity index is 1.25. The van der Waals surface area contributed by atoms with Crippen molar-refractivity contribution in [3.8, 4) is 0 Å². The number of sulfonamides is 1. The number of carbonyl (C=O) groups excluding carboxylic acids is 4. The van der Waals surface area contributed by atoms with Crippen LogP contribution in [0.4, 0.5) is 0 Å². The maximum atomic E-state index is 13.8. The summed E-state index contributed by atoms with van der Waals surface area (Å²) in [4.78, 5) is 55.1. The molecule has 0 radical (unpaired) electrons.